The lowest BCUT2D eigenvalue weighted by molar-refractivity contribution is -0.160. The van der Waals surface area contributed by atoms with Gasteiger partial charge in [0.15, 0.2) is 0 Å². The average molecular weight is 326 g/mol. The maximum Gasteiger partial charge on any atom is 0.312 e. The first-order valence-corrected chi connectivity index (χ1v) is 8.90. The second-order valence-electron chi connectivity index (χ2n) is 7.83. The van der Waals surface area contributed by atoms with Gasteiger partial charge in [-0.05, 0) is 54.0 Å². The fourth-order valence-corrected chi connectivity index (χ4v) is 3.35. The van der Waals surface area contributed by atoms with Crippen molar-refractivity contribution in [1.29, 1.82) is 0 Å². The number of hydrogen-bond acceptors (Lipinski definition) is 2. The zero-order valence-electron chi connectivity index (χ0n) is 15.8. The SMILES string of the molecule is Cc1ccc(COC(=O)C(C)(CC(C)C)C(C)C)c2ccccc12. The lowest BCUT2D eigenvalue weighted by Crippen LogP contribution is -2.36. The van der Waals surface area contributed by atoms with Crippen molar-refractivity contribution in [2.24, 2.45) is 17.3 Å². The first kappa shape index (κ1) is 18.5. The van der Waals surface area contributed by atoms with Crippen LogP contribution in [0.1, 0.15) is 52.2 Å². The molecule has 2 aromatic carbocycles. The molecule has 0 bridgehead atoms. The summed E-state index contributed by atoms with van der Waals surface area (Å²) in [4.78, 5) is 12.8. The van der Waals surface area contributed by atoms with Crippen molar-refractivity contribution < 1.29 is 9.53 Å². The molecule has 2 aromatic rings. The van der Waals surface area contributed by atoms with E-state index < -0.39 is 5.41 Å². The average Bonchev–Trinajstić information content (AvgIpc) is 2.53. The van der Waals surface area contributed by atoms with Gasteiger partial charge in [-0.3, -0.25) is 4.79 Å². The van der Waals surface area contributed by atoms with E-state index in [-0.39, 0.29) is 11.9 Å². The summed E-state index contributed by atoms with van der Waals surface area (Å²) >= 11 is 0. The van der Waals surface area contributed by atoms with Crippen LogP contribution in [-0.2, 0) is 16.1 Å². The van der Waals surface area contributed by atoms with Gasteiger partial charge in [0, 0.05) is 0 Å². The van der Waals surface area contributed by atoms with Gasteiger partial charge in [0.1, 0.15) is 6.61 Å². The first-order chi connectivity index (χ1) is 11.3. The van der Waals surface area contributed by atoms with E-state index in [2.05, 4.69) is 58.9 Å². The van der Waals surface area contributed by atoms with Crippen LogP contribution in [0.3, 0.4) is 0 Å². The van der Waals surface area contributed by atoms with Gasteiger partial charge < -0.3 is 4.74 Å². The number of carbonyl (C=O) groups is 1. The van der Waals surface area contributed by atoms with Crippen LogP contribution < -0.4 is 0 Å². The van der Waals surface area contributed by atoms with Gasteiger partial charge in [-0.25, -0.2) is 0 Å². The van der Waals surface area contributed by atoms with E-state index in [0.717, 1.165) is 12.0 Å². The topological polar surface area (TPSA) is 26.3 Å². The summed E-state index contributed by atoms with van der Waals surface area (Å²) in [6.45, 7) is 13.0. The number of benzene rings is 2. The van der Waals surface area contributed by atoms with Crippen molar-refractivity contribution in [3.8, 4) is 0 Å². The summed E-state index contributed by atoms with van der Waals surface area (Å²) in [6.07, 6.45) is 0.845. The Balaban J connectivity index is 2.21. The first-order valence-electron chi connectivity index (χ1n) is 8.90. The van der Waals surface area contributed by atoms with Gasteiger partial charge in [0.05, 0.1) is 5.41 Å². The van der Waals surface area contributed by atoms with Crippen LogP contribution in [0.15, 0.2) is 36.4 Å². The molecule has 1 unspecified atom stereocenters. The van der Waals surface area contributed by atoms with Crippen molar-refractivity contribution in [3.63, 3.8) is 0 Å². The molecule has 0 aliphatic carbocycles. The number of ether oxygens (including phenoxy) is 1. The molecule has 0 spiro atoms. The molecule has 24 heavy (non-hydrogen) atoms. The number of carbonyl (C=O) groups excluding carboxylic acids is 1. The van der Waals surface area contributed by atoms with Crippen LogP contribution >= 0.6 is 0 Å². The number of hydrogen-bond donors (Lipinski definition) is 0. The maximum absolute atomic E-state index is 12.8. The normalized spacial score (nSPS) is 14.2. The highest BCUT2D eigenvalue weighted by Crippen LogP contribution is 2.36. The molecule has 0 radical (unpaired) electrons. The van der Waals surface area contributed by atoms with Crippen LogP contribution in [0.5, 0.6) is 0 Å². The predicted octanol–water partition coefficient (Wildman–Crippen LogP) is 5.90. The number of fused-ring (bicyclic) bond motifs is 1. The fourth-order valence-electron chi connectivity index (χ4n) is 3.35. The van der Waals surface area contributed by atoms with E-state index in [9.17, 15) is 4.79 Å². The third-order valence-electron chi connectivity index (χ3n) is 5.16. The molecule has 2 heteroatoms. The molecule has 0 saturated carbocycles. The molecule has 1 atom stereocenters. The third kappa shape index (κ3) is 3.80. The Kier molecular flexibility index (Phi) is 5.69. The molecule has 0 aromatic heterocycles. The Bertz CT molecular complexity index is 715. The highest BCUT2D eigenvalue weighted by molar-refractivity contribution is 5.88. The molecule has 0 aliphatic heterocycles. The van der Waals surface area contributed by atoms with E-state index in [1.807, 2.05) is 19.1 Å². The summed E-state index contributed by atoms with van der Waals surface area (Å²) in [5.74, 6) is 0.628. The van der Waals surface area contributed by atoms with Crippen LogP contribution in [0.2, 0.25) is 0 Å². The largest absolute Gasteiger partial charge is 0.460 e. The Labute approximate surface area is 146 Å². The molecule has 0 N–H and O–H groups in total. The predicted molar refractivity (Wildman–Crippen MR) is 101 cm³/mol. The van der Waals surface area contributed by atoms with E-state index >= 15 is 0 Å². The van der Waals surface area contributed by atoms with Gasteiger partial charge in [0.25, 0.3) is 0 Å². The third-order valence-corrected chi connectivity index (χ3v) is 5.16. The quantitative estimate of drug-likeness (QED) is 0.618. The van der Waals surface area contributed by atoms with Crippen LogP contribution in [-0.4, -0.2) is 5.97 Å². The molecule has 2 rings (SSSR count). The summed E-state index contributed by atoms with van der Waals surface area (Å²) < 4.78 is 5.76. The van der Waals surface area contributed by atoms with Gasteiger partial charge in [-0.2, -0.15) is 0 Å². The highest BCUT2D eigenvalue weighted by atomic mass is 16.5. The Hall–Kier alpha value is -1.83. The zero-order chi connectivity index (χ0) is 17.9. The molecule has 0 amide bonds. The molecule has 0 aliphatic rings. The number of aryl methyl sites for hydroxylation is 1. The number of rotatable bonds is 6. The van der Waals surface area contributed by atoms with Crippen molar-refractivity contribution in [2.75, 3.05) is 0 Å². The standard InChI is InChI=1S/C22H30O2/c1-15(2)13-22(6,16(3)4)21(23)24-14-18-12-11-17(5)19-9-7-8-10-20(18)19/h7-12,15-16H,13-14H2,1-6H3. The summed E-state index contributed by atoms with van der Waals surface area (Å²) in [7, 11) is 0. The lowest BCUT2D eigenvalue weighted by atomic mass is 9.73. The molecular formula is C22H30O2. The molecule has 130 valence electrons. The number of esters is 1. The Morgan fingerprint density at radius 2 is 1.67 bits per heavy atom. The second-order valence-corrected chi connectivity index (χ2v) is 7.83. The maximum atomic E-state index is 12.8. The summed E-state index contributed by atoms with van der Waals surface area (Å²) in [5.41, 5.74) is 1.88. The van der Waals surface area contributed by atoms with E-state index in [1.54, 1.807) is 0 Å². The smallest absolute Gasteiger partial charge is 0.312 e. The van der Waals surface area contributed by atoms with E-state index in [0.29, 0.717) is 12.5 Å². The van der Waals surface area contributed by atoms with E-state index in [1.165, 1.54) is 16.3 Å². The molecule has 0 fully saturated rings. The molecule has 0 heterocycles. The molecule has 0 saturated heterocycles. The van der Waals surface area contributed by atoms with Crippen molar-refractivity contribution in [1.82, 2.24) is 0 Å². The van der Waals surface area contributed by atoms with E-state index in [4.69, 9.17) is 4.74 Å². The minimum Gasteiger partial charge on any atom is -0.460 e. The zero-order valence-corrected chi connectivity index (χ0v) is 15.8. The van der Waals surface area contributed by atoms with Gasteiger partial charge in [-0.1, -0.05) is 64.1 Å². The second kappa shape index (κ2) is 7.38. The van der Waals surface area contributed by atoms with Gasteiger partial charge >= 0.3 is 5.97 Å². The van der Waals surface area contributed by atoms with Crippen molar-refractivity contribution >= 4 is 16.7 Å². The fraction of sp³-hybridized carbons (Fsp3) is 0.500. The highest BCUT2D eigenvalue weighted by Gasteiger charge is 2.38. The van der Waals surface area contributed by atoms with Crippen LogP contribution in [0, 0.1) is 24.2 Å². The summed E-state index contributed by atoms with van der Waals surface area (Å²) in [5, 5.41) is 2.39. The molecular weight excluding hydrogens is 296 g/mol. The molecule has 2 nitrogen and oxygen atoms in total. The summed E-state index contributed by atoms with van der Waals surface area (Å²) in [6, 6.07) is 12.5. The lowest BCUT2D eigenvalue weighted by Gasteiger charge is -2.33. The monoisotopic (exact) mass is 326 g/mol. The van der Waals surface area contributed by atoms with Crippen LogP contribution in [0.4, 0.5) is 0 Å². The van der Waals surface area contributed by atoms with Gasteiger partial charge in [0.2, 0.25) is 0 Å². The Morgan fingerprint density at radius 1 is 1.04 bits per heavy atom. The van der Waals surface area contributed by atoms with Crippen molar-refractivity contribution in [3.05, 3.63) is 47.5 Å². The minimum atomic E-state index is -0.436. The van der Waals surface area contributed by atoms with Crippen LogP contribution in [0.25, 0.3) is 10.8 Å². The Morgan fingerprint density at radius 3 is 2.25 bits per heavy atom. The van der Waals surface area contributed by atoms with Crippen molar-refractivity contribution in [2.45, 2.75) is 54.6 Å². The van der Waals surface area contributed by atoms with Gasteiger partial charge in [-0.15, -0.1) is 0 Å². The minimum absolute atomic E-state index is 0.0872.